The van der Waals surface area contributed by atoms with Crippen LogP contribution in [0.5, 0.6) is 0 Å². The number of hydrogen-bond donors (Lipinski definition) is 2. The highest BCUT2D eigenvalue weighted by atomic mass is 16.5. The van der Waals surface area contributed by atoms with Crippen LogP contribution in [0.3, 0.4) is 0 Å². The van der Waals surface area contributed by atoms with E-state index in [4.69, 9.17) is 15.5 Å². The Morgan fingerprint density at radius 1 is 1.15 bits per heavy atom. The third kappa shape index (κ3) is 4.59. The Labute approximate surface area is 154 Å². The zero-order valence-corrected chi connectivity index (χ0v) is 15.7. The van der Waals surface area contributed by atoms with E-state index in [-0.39, 0.29) is 5.41 Å². The van der Waals surface area contributed by atoms with E-state index in [2.05, 4.69) is 43.3 Å². The van der Waals surface area contributed by atoms with Crippen LogP contribution in [0.25, 0.3) is 16.8 Å². The van der Waals surface area contributed by atoms with Crippen LogP contribution in [0.1, 0.15) is 26.3 Å². The number of benzene rings is 1. The fourth-order valence-corrected chi connectivity index (χ4v) is 2.62. The molecule has 0 unspecified atom stereocenters. The maximum Gasteiger partial charge on any atom is 0.165 e. The second kappa shape index (κ2) is 7.85. The molecule has 0 spiro atoms. The lowest BCUT2D eigenvalue weighted by Crippen LogP contribution is -2.18. The highest BCUT2D eigenvalue weighted by Crippen LogP contribution is 2.24. The van der Waals surface area contributed by atoms with Crippen LogP contribution in [-0.2, 0) is 11.3 Å². The molecule has 6 nitrogen and oxygen atoms in total. The summed E-state index contributed by atoms with van der Waals surface area (Å²) in [5, 5.41) is 7.71. The van der Waals surface area contributed by atoms with E-state index in [1.165, 1.54) is 0 Å². The molecular weight excluding hydrogens is 326 g/mol. The second-order valence-corrected chi connectivity index (χ2v) is 7.58. The Morgan fingerprint density at radius 3 is 2.62 bits per heavy atom. The number of hydrogen-bond acceptors (Lipinski definition) is 5. The van der Waals surface area contributed by atoms with Crippen molar-refractivity contribution in [2.24, 2.45) is 11.1 Å². The van der Waals surface area contributed by atoms with Crippen LogP contribution in [-0.4, -0.2) is 34.4 Å². The molecule has 0 aliphatic rings. The molecule has 138 valence electrons. The van der Waals surface area contributed by atoms with Crippen LogP contribution in [0.4, 0.5) is 5.82 Å². The quantitative estimate of drug-likeness (QED) is 0.637. The number of ether oxygens (including phenoxy) is 1. The minimum Gasteiger partial charge on any atom is -0.379 e. The van der Waals surface area contributed by atoms with E-state index in [9.17, 15) is 0 Å². The van der Waals surface area contributed by atoms with Gasteiger partial charge in [0.05, 0.1) is 19.4 Å². The van der Waals surface area contributed by atoms with Crippen LogP contribution in [0, 0.1) is 5.41 Å². The molecule has 0 aliphatic heterocycles. The second-order valence-electron chi connectivity index (χ2n) is 7.58. The highest BCUT2D eigenvalue weighted by molar-refractivity contribution is 5.77. The van der Waals surface area contributed by atoms with E-state index in [0.29, 0.717) is 19.7 Å². The van der Waals surface area contributed by atoms with E-state index in [0.717, 1.165) is 34.8 Å². The van der Waals surface area contributed by atoms with E-state index in [1.807, 2.05) is 30.6 Å². The number of anilines is 1. The molecule has 0 saturated carbocycles. The molecule has 0 saturated heterocycles. The van der Waals surface area contributed by atoms with Crippen LogP contribution in [0.15, 0.2) is 42.7 Å². The molecule has 0 radical (unpaired) electrons. The summed E-state index contributed by atoms with van der Waals surface area (Å²) >= 11 is 0. The molecule has 2 heterocycles. The van der Waals surface area contributed by atoms with Gasteiger partial charge in [0.25, 0.3) is 0 Å². The molecule has 1 aromatic carbocycles. The Balaban J connectivity index is 1.69. The largest absolute Gasteiger partial charge is 0.379 e. The first-order valence-electron chi connectivity index (χ1n) is 8.92. The summed E-state index contributed by atoms with van der Waals surface area (Å²) in [7, 11) is 0. The lowest BCUT2D eigenvalue weighted by atomic mass is 9.99. The maximum atomic E-state index is 5.69. The predicted octanol–water partition coefficient (Wildman–Crippen LogP) is 3.33. The molecule has 3 aromatic rings. The van der Waals surface area contributed by atoms with Crippen molar-refractivity contribution in [1.29, 1.82) is 0 Å². The van der Waals surface area contributed by atoms with Gasteiger partial charge in [-0.1, -0.05) is 45.0 Å². The molecule has 6 heteroatoms. The molecular formula is C20H27N5O. The minimum atomic E-state index is 0.184. The fraction of sp³-hybridized carbons (Fsp3) is 0.400. The van der Waals surface area contributed by atoms with Crippen molar-refractivity contribution >= 4 is 11.5 Å². The Bertz CT molecular complexity index is 849. The lowest BCUT2D eigenvalue weighted by Gasteiger charge is -2.18. The number of aromatic nitrogens is 3. The Hall–Kier alpha value is -2.44. The van der Waals surface area contributed by atoms with Gasteiger partial charge in [-0.15, -0.1) is 0 Å². The number of rotatable bonds is 7. The zero-order chi connectivity index (χ0) is 18.6. The van der Waals surface area contributed by atoms with Crippen LogP contribution >= 0.6 is 0 Å². The molecule has 3 rings (SSSR count). The normalized spacial score (nSPS) is 11.8. The third-order valence-corrected chi connectivity index (χ3v) is 3.96. The average Bonchev–Trinajstić information content (AvgIpc) is 3.04. The van der Waals surface area contributed by atoms with Crippen molar-refractivity contribution in [1.82, 2.24) is 14.6 Å². The summed E-state index contributed by atoms with van der Waals surface area (Å²) in [6.45, 7) is 9.14. The third-order valence-electron chi connectivity index (χ3n) is 3.96. The van der Waals surface area contributed by atoms with Crippen molar-refractivity contribution in [3.05, 3.63) is 48.3 Å². The van der Waals surface area contributed by atoms with Gasteiger partial charge in [0.2, 0.25) is 0 Å². The molecule has 26 heavy (non-hydrogen) atoms. The van der Waals surface area contributed by atoms with Gasteiger partial charge in [0.1, 0.15) is 5.82 Å². The average molecular weight is 353 g/mol. The van der Waals surface area contributed by atoms with Gasteiger partial charge in [-0.25, -0.2) is 9.50 Å². The molecule has 0 atom stereocenters. The van der Waals surface area contributed by atoms with E-state index < -0.39 is 0 Å². The predicted molar refractivity (Wildman–Crippen MR) is 105 cm³/mol. The maximum absolute atomic E-state index is 5.69. The summed E-state index contributed by atoms with van der Waals surface area (Å²) in [6, 6.07) is 10.1. The number of nitrogens with two attached hydrogens (primary N) is 1. The number of nitrogens with zero attached hydrogens (tertiary/aromatic N) is 3. The SMILES string of the molecule is CC(C)(C)COCCNc1ccn2ncc(-c3ccc(CN)cc3)c2n1. The molecule has 0 fully saturated rings. The first-order chi connectivity index (χ1) is 12.5. The smallest absolute Gasteiger partial charge is 0.165 e. The first kappa shape index (κ1) is 18.4. The van der Waals surface area contributed by atoms with Crippen molar-refractivity contribution in [2.45, 2.75) is 27.3 Å². The van der Waals surface area contributed by atoms with Gasteiger partial charge in [-0.3, -0.25) is 0 Å². The molecule has 3 N–H and O–H groups in total. The van der Waals surface area contributed by atoms with Gasteiger partial charge in [-0.05, 0) is 22.6 Å². The molecule has 0 bridgehead atoms. The molecule has 0 amide bonds. The summed E-state index contributed by atoms with van der Waals surface area (Å²) in [4.78, 5) is 4.71. The zero-order valence-electron chi connectivity index (χ0n) is 15.7. The van der Waals surface area contributed by atoms with Crippen LogP contribution < -0.4 is 11.1 Å². The standard InChI is InChI=1S/C20H27N5O/c1-20(2,3)14-26-11-9-22-18-8-10-25-19(24-18)17(13-23-25)16-6-4-15(12-21)5-7-16/h4-8,10,13H,9,11-12,14,21H2,1-3H3,(H,22,24). The van der Waals surface area contributed by atoms with Crippen molar-refractivity contribution < 1.29 is 4.74 Å². The Kier molecular flexibility index (Phi) is 5.54. The van der Waals surface area contributed by atoms with Crippen molar-refractivity contribution in [2.75, 3.05) is 25.1 Å². The minimum absolute atomic E-state index is 0.184. The molecule has 0 aliphatic carbocycles. The Morgan fingerprint density at radius 2 is 1.92 bits per heavy atom. The van der Waals surface area contributed by atoms with Crippen molar-refractivity contribution in [3.8, 4) is 11.1 Å². The summed E-state index contributed by atoms with van der Waals surface area (Å²) in [6.07, 6.45) is 3.76. The van der Waals surface area contributed by atoms with Crippen molar-refractivity contribution in [3.63, 3.8) is 0 Å². The number of nitrogens with one attached hydrogen (secondary N) is 1. The van der Waals surface area contributed by atoms with E-state index in [1.54, 1.807) is 4.52 Å². The topological polar surface area (TPSA) is 77.5 Å². The van der Waals surface area contributed by atoms with Gasteiger partial charge >= 0.3 is 0 Å². The van der Waals surface area contributed by atoms with Gasteiger partial charge in [0, 0.05) is 24.8 Å². The highest BCUT2D eigenvalue weighted by Gasteiger charge is 2.10. The van der Waals surface area contributed by atoms with Crippen LogP contribution in [0.2, 0.25) is 0 Å². The monoisotopic (exact) mass is 353 g/mol. The van der Waals surface area contributed by atoms with Gasteiger partial charge in [0.15, 0.2) is 5.65 Å². The van der Waals surface area contributed by atoms with Gasteiger partial charge in [-0.2, -0.15) is 5.10 Å². The molecule has 2 aromatic heterocycles. The first-order valence-corrected chi connectivity index (χ1v) is 8.92. The fourth-order valence-electron chi connectivity index (χ4n) is 2.62. The summed E-state index contributed by atoms with van der Waals surface area (Å²) in [5.41, 5.74) is 9.87. The lowest BCUT2D eigenvalue weighted by molar-refractivity contribution is 0.0781. The van der Waals surface area contributed by atoms with Gasteiger partial charge < -0.3 is 15.8 Å². The van der Waals surface area contributed by atoms with E-state index >= 15 is 0 Å². The summed E-state index contributed by atoms with van der Waals surface area (Å²) in [5.74, 6) is 0.817. The number of fused-ring (bicyclic) bond motifs is 1. The summed E-state index contributed by atoms with van der Waals surface area (Å²) < 4.78 is 7.47.